The number of aromatic nitrogens is 1. The molecule has 0 spiro atoms. The van der Waals surface area contributed by atoms with E-state index in [2.05, 4.69) is 30.1 Å². The smallest absolute Gasteiger partial charge is 0.270 e. The van der Waals surface area contributed by atoms with Gasteiger partial charge < -0.3 is 9.88 Å². The first-order valence-electron chi connectivity index (χ1n) is 7.02. The van der Waals surface area contributed by atoms with E-state index < -0.39 is 0 Å². The van der Waals surface area contributed by atoms with Crippen LogP contribution in [0.5, 0.6) is 0 Å². The summed E-state index contributed by atoms with van der Waals surface area (Å²) in [6.07, 6.45) is 4.77. The minimum Gasteiger partial charge on any atom is -0.351 e. The molecule has 1 fully saturated rings. The number of aryl methyl sites for hydroxylation is 1. The molecule has 1 heterocycles. The van der Waals surface area contributed by atoms with Crippen LogP contribution in [0.2, 0.25) is 0 Å². The van der Waals surface area contributed by atoms with Crippen molar-refractivity contribution in [1.82, 2.24) is 9.88 Å². The average Bonchev–Trinajstić information content (AvgIpc) is 3.05. The molecule has 1 amide bonds. The van der Waals surface area contributed by atoms with E-state index in [0.717, 1.165) is 23.7 Å². The Morgan fingerprint density at radius 1 is 1.26 bits per heavy atom. The Labute approximate surface area is 113 Å². The van der Waals surface area contributed by atoms with Crippen LogP contribution in [0.4, 0.5) is 0 Å². The van der Waals surface area contributed by atoms with Crippen LogP contribution in [-0.4, -0.2) is 28.9 Å². The molecule has 1 aliphatic rings. The third kappa shape index (κ3) is 2.25. The summed E-state index contributed by atoms with van der Waals surface area (Å²) in [5.41, 5.74) is 2.95. The molecule has 3 heteroatoms. The lowest BCUT2D eigenvalue weighted by atomic mass is 10.2. The van der Waals surface area contributed by atoms with Crippen molar-refractivity contribution < 1.29 is 4.79 Å². The normalized spacial score (nSPS) is 16.1. The van der Waals surface area contributed by atoms with Crippen molar-refractivity contribution in [2.45, 2.75) is 38.6 Å². The Bertz CT molecular complexity index is 608. The lowest BCUT2D eigenvalue weighted by Gasteiger charge is -2.23. The lowest BCUT2D eigenvalue weighted by molar-refractivity contribution is 0.0730. The van der Waals surface area contributed by atoms with Crippen molar-refractivity contribution in [1.29, 1.82) is 0 Å². The average molecular weight is 256 g/mol. The molecule has 2 aromatic rings. The van der Waals surface area contributed by atoms with Crippen LogP contribution in [-0.2, 0) is 0 Å². The molecule has 1 aliphatic carbocycles. The van der Waals surface area contributed by atoms with Crippen LogP contribution in [0.3, 0.4) is 0 Å². The predicted molar refractivity (Wildman–Crippen MR) is 77.4 cm³/mol. The summed E-state index contributed by atoms with van der Waals surface area (Å²) in [6, 6.07) is 8.60. The number of nitrogens with one attached hydrogen (secondary N) is 1. The highest BCUT2D eigenvalue weighted by Gasteiger charge is 2.25. The van der Waals surface area contributed by atoms with Gasteiger partial charge in [-0.05, 0) is 37.5 Å². The van der Waals surface area contributed by atoms with Gasteiger partial charge in [-0.25, -0.2) is 0 Å². The summed E-state index contributed by atoms with van der Waals surface area (Å²) < 4.78 is 0. The van der Waals surface area contributed by atoms with Crippen LogP contribution in [0.15, 0.2) is 24.3 Å². The molecule has 1 aromatic carbocycles. The topological polar surface area (TPSA) is 36.1 Å². The van der Waals surface area contributed by atoms with Crippen molar-refractivity contribution in [3.63, 3.8) is 0 Å². The fraction of sp³-hybridized carbons (Fsp3) is 0.438. The number of fused-ring (bicyclic) bond motifs is 1. The third-order valence-electron chi connectivity index (χ3n) is 4.20. The van der Waals surface area contributed by atoms with Gasteiger partial charge in [-0.15, -0.1) is 0 Å². The standard InChI is InChI=1S/C16H20N2O/c1-11-7-8-12-10-15(17-14(12)9-11)16(19)18(2)13-5-3-4-6-13/h7-10,13,17H,3-6H2,1-2H3. The van der Waals surface area contributed by atoms with Crippen LogP contribution in [0.1, 0.15) is 41.7 Å². The highest BCUT2D eigenvalue weighted by atomic mass is 16.2. The monoisotopic (exact) mass is 256 g/mol. The molecule has 1 saturated carbocycles. The SMILES string of the molecule is Cc1ccc2cc(C(=O)N(C)C3CCCC3)[nH]c2c1. The molecule has 0 aliphatic heterocycles. The van der Waals surface area contributed by atoms with Gasteiger partial charge in [0.05, 0.1) is 0 Å². The highest BCUT2D eigenvalue weighted by Crippen LogP contribution is 2.24. The number of aromatic amines is 1. The number of benzene rings is 1. The van der Waals surface area contributed by atoms with Crippen LogP contribution < -0.4 is 0 Å². The Morgan fingerprint density at radius 3 is 2.74 bits per heavy atom. The van der Waals surface area contributed by atoms with Gasteiger partial charge >= 0.3 is 0 Å². The fourth-order valence-electron chi connectivity index (χ4n) is 3.00. The Kier molecular flexibility index (Phi) is 3.05. The summed E-state index contributed by atoms with van der Waals surface area (Å²) in [4.78, 5) is 17.6. The highest BCUT2D eigenvalue weighted by molar-refractivity contribution is 5.98. The molecule has 0 radical (unpaired) electrons. The van der Waals surface area contributed by atoms with Gasteiger partial charge in [0.1, 0.15) is 5.69 Å². The predicted octanol–water partition coefficient (Wildman–Crippen LogP) is 3.49. The van der Waals surface area contributed by atoms with Crippen molar-refractivity contribution >= 4 is 16.8 Å². The maximum atomic E-state index is 12.5. The van der Waals surface area contributed by atoms with E-state index in [1.54, 1.807) is 0 Å². The minimum atomic E-state index is 0.112. The van der Waals surface area contributed by atoms with Gasteiger partial charge in [-0.3, -0.25) is 4.79 Å². The molecule has 100 valence electrons. The Hall–Kier alpha value is -1.77. The molecule has 1 aromatic heterocycles. The number of amides is 1. The van der Waals surface area contributed by atoms with Crippen LogP contribution in [0.25, 0.3) is 10.9 Å². The molecule has 0 atom stereocenters. The molecule has 19 heavy (non-hydrogen) atoms. The quantitative estimate of drug-likeness (QED) is 0.877. The molecular weight excluding hydrogens is 236 g/mol. The maximum absolute atomic E-state index is 12.5. The van der Waals surface area contributed by atoms with Crippen molar-refractivity contribution in [3.8, 4) is 0 Å². The third-order valence-corrected chi connectivity index (χ3v) is 4.20. The van der Waals surface area contributed by atoms with Crippen LogP contribution >= 0.6 is 0 Å². The first-order valence-corrected chi connectivity index (χ1v) is 7.02. The largest absolute Gasteiger partial charge is 0.351 e. The Balaban J connectivity index is 1.88. The first-order chi connectivity index (χ1) is 9.15. The molecule has 3 rings (SSSR count). The number of nitrogens with zero attached hydrogens (tertiary/aromatic N) is 1. The van der Waals surface area contributed by atoms with E-state index >= 15 is 0 Å². The second-order valence-electron chi connectivity index (χ2n) is 5.63. The number of H-pyrrole nitrogens is 1. The molecule has 1 N–H and O–H groups in total. The minimum absolute atomic E-state index is 0.112. The van der Waals surface area contributed by atoms with Gasteiger partial charge in [0.15, 0.2) is 0 Å². The number of carbonyl (C=O) groups is 1. The fourth-order valence-corrected chi connectivity index (χ4v) is 3.00. The first kappa shape index (κ1) is 12.3. The van der Waals surface area contributed by atoms with Gasteiger partial charge in [0.2, 0.25) is 0 Å². The zero-order valence-corrected chi connectivity index (χ0v) is 11.6. The van der Waals surface area contributed by atoms with E-state index in [-0.39, 0.29) is 5.91 Å². The summed E-state index contributed by atoms with van der Waals surface area (Å²) in [5, 5.41) is 1.11. The van der Waals surface area contributed by atoms with E-state index in [1.165, 1.54) is 18.4 Å². The Morgan fingerprint density at radius 2 is 2.00 bits per heavy atom. The van der Waals surface area contributed by atoms with Crippen molar-refractivity contribution in [3.05, 3.63) is 35.5 Å². The molecule has 0 unspecified atom stereocenters. The summed E-state index contributed by atoms with van der Waals surface area (Å²) in [7, 11) is 1.93. The number of rotatable bonds is 2. The maximum Gasteiger partial charge on any atom is 0.270 e. The molecule has 0 saturated heterocycles. The number of hydrogen-bond acceptors (Lipinski definition) is 1. The summed E-state index contributed by atoms with van der Waals surface area (Å²) >= 11 is 0. The number of hydrogen-bond donors (Lipinski definition) is 1. The van der Waals surface area contributed by atoms with E-state index in [9.17, 15) is 4.79 Å². The van der Waals surface area contributed by atoms with E-state index in [4.69, 9.17) is 0 Å². The van der Waals surface area contributed by atoms with Gasteiger partial charge in [-0.1, -0.05) is 25.0 Å². The number of carbonyl (C=O) groups excluding carboxylic acids is 1. The van der Waals surface area contributed by atoms with Crippen molar-refractivity contribution in [2.24, 2.45) is 0 Å². The van der Waals surface area contributed by atoms with E-state index in [0.29, 0.717) is 11.7 Å². The van der Waals surface area contributed by atoms with E-state index in [1.807, 2.05) is 18.0 Å². The second-order valence-corrected chi connectivity index (χ2v) is 5.63. The zero-order chi connectivity index (χ0) is 13.4. The second kappa shape index (κ2) is 4.72. The zero-order valence-electron chi connectivity index (χ0n) is 11.6. The molecule has 3 nitrogen and oxygen atoms in total. The molecular formula is C16H20N2O. The van der Waals surface area contributed by atoms with Gasteiger partial charge in [0.25, 0.3) is 5.91 Å². The van der Waals surface area contributed by atoms with Crippen LogP contribution in [0, 0.1) is 6.92 Å². The lowest BCUT2D eigenvalue weighted by Crippen LogP contribution is -2.35. The summed E-state index contributed by atoms with van der Waals surface area (Å²) in [5.74, 6) is 0.112. The van der Waals surface area contributed by atoms with Gasteiger partial charge in [-0.2, -0.15) is 0 Å². The molecule has 0 bridgehead atoms. The van der Waals surface area contributed by atoms with Crippen molar-refractivity contribution in [2.75, 3.05) is 7.05 Å². The summed E-state index contributed by atoms with van der Waals surface area (Å²) in [6.45, 7) is 2.06. The van der Waals surface area contributed by atoms with Gasteiger partial charge in [0, 0.05) is 24.0 Å².